The number of anilines is 1. The number of terminal acetylenes is 1. The van der Waals surface area contributed by atoms with Crippen LogP contribution >= 0.6 is 7.37 Å². The molecule has 0 saturated carbocycles. The van der Waals surface area contributed by atoms with Gasteiger partial charge in [0.25, 0.3) is 0 Å². The number of nitrogen functional groups attached to an aromatic ring is 1. The lowest BCUT2D eigenvalue weighted by Crippen LogP contribution is -2.17. The topological polar surface area (TPSA) is 142 Å². The Morgan fingerprint density at radius 1 is 1.48 bits per heavy atom. The first kappa shape index (κ1) is 19.1. The normalized spacial score (nSPS) is 14.7. The van der Waals surface area contributed by atoms with E-state index in [0.717, 1.165) is 0 Å². The van der Waals surface area contributed by atoms with Gasteiger partial charge in [-0.2, -0.15) is 0 Å². The molecule has 2 rings (SSSR count). The highest BCUT2D eigenvalue weighted by atomic mass is 31.2. The van der Waals surface area contributed by atoms with Crippen LogP contribution in [-0.2, 0) is 20.4 Å². The fourth-order valence-corrected chi connectivity index (χ4v) is 2.78. The van der Waals surface area contributed by atoms with Gasteiger partial charge >= 0.3 is 0 Å². The summed E-state index contributed by atoms with van der Waals surface area (Å²) < 4.78 is 24.5. The Kier molecular flexibility index (Phi) is 6.66. The summed E-state index contributed by atoms with van der Waals surface area (Å²) in [4.78, 5) is 12.2. The molecule has 0 spiro atoms. The lowest BCUT2D eigenvalue weighted by molar-refractivity contribution is 0.0809. The van der Waals surface area contributed by atoms with E-state index in [9.17, 15) is 4.57 Å². The van der Waals surface area contributed by atoms with Crippen molar-refractivity contribution in [2.24, 2.45) is 0 Å². The van der Waals surface area contributed by atoms with Gasteiger partial charge in [0.1, 0.15) is 24.8 Å². The molecule has 0 bridgehead atoms. The van der Waals surface area contributed by atoms with Crippen molar-refractivity contribution in [3.63, 3.8) is 0 Å². The Hall–Kier alpha value is -1.98. The average molecular weight is 341 g/mol. The van der Waals surface area contributed by atoms with Gasteiger partial charge in [0.2, 0.25) is 7.37 Å². The molecule has 9 nitrogen and oxygen atoms in total. The highest BCUT2D eigenvalue weighted by molar-refractivity contribution is 7.57. The van der Waals surface area contributed by atoms with Gasteiger partial charge in [0, 0.05) is 6.66 Å². The number of ether oxygens (including phenoxy) is 1. The maximum atomic E-state index is 12.0. The van der Waals surface area contributed by atoms with Gasteiger partial charge in [-0.25, -0.2) is 15.0 Å². The quantitative estimate of drug-likeness (QED) is 0.576. The zero-order valence-electron chi connectivity index (χ0n) is 13.5. The van der Waals surface area contributed by atoms with Gasteiger partial charge < -0.3 is 25.7 Å². The van der Waals surface area contributed by atoms with E-state index in [2.05, 4.69) is 20.9 Å². The molecule has 6 N–H and O–H groups in total. The molecular weight excluding hydrogens is 319 g/mol. The Balaban J connectivity index is 0.00000264. The molecule has 2 aromatic heterocycles. The monoisotopic (exact) mass is 341 g/mol. The molecule has 0 aliphatic rings. The lowest BCUT2D eigenvalue weighted by Gasteiger charge is -2.17. The molecule has 0 aliphatic heterocycles. The summed E-state index contributed by atoms with van der Waals surface area (Å²) in [5, 5.41) is 0. The van der Waals surface area contributed by atoms with Crippen molar-refractivity contribution in [3.05, 3.63) is 12.7 Å². The van der Waals surface area contributed by atoms with Crippen molar-refractivity contribution in [1.29, 1.82) is 0 Å². The van der Waals surface area contributed by atoms with Crippen LogP contribution in [0.5, 0.6) is 0 Å². The lowest BCUT2D eigenvalue weighted by atomic mass is 10.4. The molecule has 2 aromatic rings. The number of hydrogen-bond acceptors (Lipinski definition) is 7. The van der Waals surface area contributed by atoms with Gasteiger partial charge in [-0.05, 0) is 6.92 Å². The number of aromatic nitrogens is 4. The van der Waals surface area contributed by atoms with Crippen molar-refractivity contribution in [2.75, 3.05) is 25.4 Å². The molecular formula is C13H22N6O3P+. The predicted octanol–water partition coefficient (Wildman–Crippen LogP) is 1.70. The Bertz CT molecular complexity index is 741. The van der Waals surface area contributed by atoms with Crippen LogP contribution in [0.2, 0.25) is 0 Å². The fraction of sp³-hybridized carbons (Fsp3) is 0.462. The first-order valence-corrected chi connectivity index (χ1v) is 8.86. The van der Waals surface area contributed by atoms with Gasteiger partial charge in [-0.3, -0.25) is 4.57 Å². The molecule has 0 aliphatic carbocycles. The largest absolute Gasteiger partial charge is 0.382 e. The van der Waals surface area contributed by atoms with E-state index in [-0.39, 0.29) is 25.2 Å². The SMILES string of the molecule is C#CCOP(C)(=O)CO[C@H](C)Cn1cnc2c(N)ncnc21.[NH4+]. The van der Waals surface area contributed by atoms with Crippen LogP contribution in [0.1, 0.15) is 6.92 Å². The standard InChI is InChI=1S/C13H18N5O3P.H3N/c1-4-5-21-22(3,19)9-20-10(2)6-18-8-17-11-12(14)15-7-16-13(11)18;/h1,7-8,10H,5-6,9H2,2-3H3,(H2,14,15,16);1H3/p+1/t10-,22?;/m1./s1. The van der Waals surface area contributed by atoms with Crippen molar-refractivity contribution in [2.45, 2.75) is 19.6 Å². The third kappa shape index (κ3) is 5.01. The molecule has 0 fully saturated rings. The Labute approximate surface area is 134 Å². The summed E-state index contributed by atoms with van der Waals surface area (Å²) in [6.07, 6.45) is 7.87. The van der Waals surface area contributed by atoms with Gasteiger partial charge in [-0.1, -0.05) is 5.92 Å². The number of quaternary nitrogens is 1. The van der Waals surface area contributed by atoms with E-state index < -0.39 is 7.37 Å². The second-order valence-electron chi connectivity index (χ2n) is 4.93. The molecule has 0 amide bonds. The summed E-state index contributed by atoms with van der Waals surface area (Å²) in [7, 11) is -2.84. The van der Waals surface area contributed by atoms with Crippen LogP contribution in [-0.4, -0.2) is 45.2 Å². The van der Waals surface area contributed by atoms with Gasteiger partial charge in [-0.15, -0.1) is 6.42 Å². The number of fused-ring (bicyclic) bond motifs is 1. The van der Waals surface area contributed by atoms with Crippen LogP contribution in [0.3, 0.4) is 0 Å². The van der Waals surface area contributed by atoms with E-state index in [1.807, 2.05) is 6.92 Å². The molecule has 2 atom stereocenters. The first-order valence-electron chi connectivity index (χ1n) is 6.60. The maximum absolute atomic E-state index is 12.0. The smallest absolute Gasteiger partial charge is 0.225 e. The van der Waals surface area contributed by atoms with Crippen LogP contribution < -0.4 is 11.9 Å². The molecule has 1 unspecified atom stereocenters. The van der Waals surface area contributed by atoms with Crippen LogP contribution in [0.4, 0.5) is 5.82 Å². The second kappa shape index (κ2) is 8.04. The number of nitrogens with zero attached hydrogens (tertiary/aromatic N) is 4. The average Bonchev–Trinajstić information content (AvgIpc) is 2.88. The summed E-state index contributed by atoms with van der Waals surface area (Å²) in [5.74, 6) is 2.62. The van der Waals surface area contributed by atoms with Crippen LogP contribution in [0.25, 0.3) is 11.2 Å². The second-order valence-corrected chi connectivity index (χ2v) is 7.47. The third-order valence-corrected chi connectivity index (χ3v) is 4.19. The number of imidazole rings is 1. The summed E-state index contributed by atoms with van der Waals surface area (Å²) >= 11 is 0. The van der Waals surface area contributed by atoms with E-state index in [1.165, 1.54) is 13.0 Å². The molecule has 0 radical (unpaired) electrons. The minimum absolute atomic E-state index is 0. The molecule has 23 heavy (non-hydrogen) atoms. The zero-order valence-corrected chi connectivity index (χ0v) is 14.4. The molecule has 10 heteroatoms. The van der Waals surface area contributed by atoms with Gasteiger partial charge in [0.05, 0.1) is 19.0 Å². The van der Waals surface area contributed by atoms with Crippen molar-refractivity contribution in [1.82, 2.24) is 25.7 Å². The zero-order chi connectivity index (χ0) is 16.2. The van der Waals surface area contributed by atoms with Crippen LogP contribution in [0, 0.1) is 12.3 Å². The molecule has 126 valence electrons. The summed E-state index contributed by atoms with van der Waals surface area (Å²) in [6.45, 7) is 3.85. The minimum atomic E-state index is -2.84. The van der Waals surface area contributed by atoms with Crippen molar-refractivity contribution < 1.29 is 13.8 Å². The van der Waals surface area contributed by atoms with E-state index in [4.69, 9.17) is 21.4 Å². The van der Waals surface area contributed by atoms with Crippen molar-refractivity contribution in [3.8, 4) is 12.3 Å². The predicted molar refractivity (Wildman–Crippen MR) is 89.4 cm³/mol. The van der Waals surface area contributed by atoms with E-state index in [0.29, 0.717) is 23.5 Å². The highest BCUT2D eigenvalue weighted by Gasteiger charge is 2.18. The maximum Gasteiger partial charge on any atom is 0.225 e. The number of hydrogen-bond donors (Lipinski definition) is 2. The van der Waals surface area contributed by atoms with E-state index >= 15 is 0 Å². The molecule has 2 heterocycles. The van der Waals surface area contributed by atoms with Crippen LogP contribution in [0.15, 0.2) is 12.7 Å². The number of nitrogens with two attached hydrogens (primary N) is 1. The minimum Gasteiger partial charge on any atom is -0.382 e. The fourth-order valence-electron chi connectivity index (χ4n) is 1.84. The van der Waals surface area contributed by atoms with Gasteiger partial charge in [0.15, 0.2) is 11.5 Å². The Morgan fingerprint density at radius 3 is 2.91 bits per heavy atom. The Morgan fingerprint density at radius 2 is 2.22 bits per heavy atom. The third-order valence-electron chi connectivity index (χ3n) is 2.90. The molecule has 0 aromatic carbocycles. The summed E-state index contributed by atoms with van der Waals surface area (Å²) in [5.41, 5.74) is 6.91. The van der Waals surface area contributed by atoms with E-state index in [1.54, 1.807) is 10.9 Å². The highest BCUT2D eigenvalue weighted by Crippen LogP contribution is 2.42. The summed E-state index contributed by atoms with van der Waals surface area (Å²) in [6, 6.07) is 0. The first-order chi connectivity index (χ1) is 10.4. The van der Waals surface area contributed by atoms with Crippen molar-refractivity contribution >= 4 is 24.4 Å². The molecule has 0 saturated heterocycles. The number of rotatable bonds is 7.